The average molecular weight is 362 g/mol. The zero-order chi connectivity index (χ0) is 19.0. The summed E-state index contributed by atoms with van der Waals surface area (Å²) in [6.45, 7) is 3.57. The summed E-state index contributed by atoms with van der Waals surface area (Å²) in [5, 5.41) is 7.17. The maximum atomic E-state index is 14.2. The van der Waals surface area contributed by atoms with E-state index in [1.54, 1.807) is 43.5 Å². The van der Waals surface area contributed by atoms with Gasteiger partial charge in [0.2, 0.25) is 0 Å². The smallest absolute Gasteiger partial charge is 0.259 e. The van der Waals surface area contributed by atoms with Gasteiger partial charge in [0, 0.05) is 11.8 Å². The van der Waals surface area contributed by atoms with Crippen LogP contribution in [0.4, 0.5) is 10.2 Å². The number of aromatic nitrogens is 3. The number of amides is 1. The molecule has 0 fully saturated rings. The molecule has 6 nitrogen and oxygen atoms in total. The minimum atomic E-state index is -0.437. The summed E-state index contributed by atoms with van der Waals surface area (Å²) in [4.78, 5) is 21.5. The van der Waals surface area contributed by atoms with Gasteiger partial charge in [0.1, 0.15) is 11.6 Å². The zero-order valence-corrected chi connectivity index (χ0v) is 14.7. The summed E-state index contributed by atoms with van der Waals surface area (Å²) in [5.41, 5.74) is 2.39. The number of nitrogens with one attached hydrogen (secondary N) is 1. The number of carbonyl (C=O) groups is 1. The first kappa shape index (κ1) is 16.8. The lowest BCUT2D eigenvalue weighted by Gasteiger charge is -2.09. The van der Waals surface area contributed by atoms with E-state index in [1.165, 1.54) is 6.07 Å². The third kappa shape index (κ3) is 3.03. The Hall–Kier alpha value is -3.61. The van der Waals surface area contributed by atoms with Gasteiger partial charge in [-0.3, -0.25) is 4.79 Å². The number of halogens is 1. The summed E-state index contributed by atoms with van der Waals surface area (Å²) < 4.78 is 19.5. The summed E-state index contributed by atoms with van der Waals surface area (Å²) in [7, 11) is 0. The normalized spacial score (nSPS) is 10.9. The molecule has 4 aromatic rings. The Morgan fingerprint density at radius 1 is 1.15 bits per heavy atom. The molecular formula is C20H15FN4O2. The van der Waals surface area contributed by atoms with Crippen molar-refractivity contribution in [1.82, 2.24) is 15.1 Å². The highest BCUT2D eigenvalue weighted by atomic mass is 19.1. The zero-order valence-electron chi connectivity index (χ0n) is 14.7. The SMILES string of the molecule is Cc1cccnc1NC(=O)c1cc(-c2ccccc2F)nc2onc(C)c12. The fraction of sp³-hybridized carbons (Fsp3) is 0.100. The Balaban J connectivity index is 1.86. The molecule has 0 aliphatic rings. The number of hydrogen-bond acceptors (Lipinski definition) is 5. The Labute approximate surface area is 154 Å². The van der Waals surface area contributed by atoms with Crippen LogP contribution in [0, 0.1) is 19.7 Å². The molecule has 1 N–H and O–H groups in total. The van der Waals surface area contributed by atoms with Gasteiger partial charge in [-0.25, -0.2) is 14.4 Å². The number of carbonyl (C=O) groups excluding carboxylic acids is 1. The van der Waals surface area contributed by atoms with Crippen LogP contribution < -0.4 is 5.32 Å². The number of pyridine rings is 2. The van der Waals surface area contributed by atoms with Crippen LogP contribution in [0.3, 0.4) is 0 Å². The molecule has 134 valence electrons. The number of fused-ring (bicyclic) bond motifs is 1. The summed E-state index contributed by atoms with van der Waals surface area (Å²) in [6.07, 6.45) is 1.60. The average Bonchev–Trinajstić information content (AvgIpc) is 3.04. The molecule has 3 aromatic heterocycles. The maximum absolute atomic E-state index is 14.2. The lowest BCUT2D eigenvalue weighted by atomic mass is 10.0. The third-order valence-corrected chi connectivity index (χ3v) is 4.25. The predicted molar refractivity (Wildman–Crippen MR) is 98.9 cm³/mol. The van der Waals surface area contributed by atoms with Crippen molar-refractivity contribution < 1.29 is 13.7 Å². The molecule has 0 aliphatic heterocycles. The number of nitrogens with zero attached hydrogens (tertiary/aromatic N) is 3. The quantitative estimate of drug-likeness (QED) is 0.588. The first-order chi connectivity index (χ1) is 13.0. The van der Waals surface area contributed by atoms with Gasteiger partial charge in [0.25, 0.3) is 11.6 Å². The van der Waals surface area contributed by atoms with Gasteiger partial charge < -0.3 is 9.84 Å². The van der Waals surface area contributed by atoms with E-state index in [4.69, 9.17) is 4.52 Å². The van der Waals surface area contributed by atoms with Gasteiger partial charge in [-0.2, -0.15) is 0 Å². The molecule has 4 rings (SSSR count). The number of rotatable bonds is 3. The molecular weight excluding hydrogens is 347 g/mol. The molecule has 3 heterocycles. The summed E-state index contributed by atoms with van der Waals surface area (Å²) >= 11 is 0. The number of aryl methyl sites for hydroxylation is 2. The summed E-state index contributed by atoms with van der Waals surface area (Å²) in [6, 6.07) is 11.4. The largest absolute Gasteiger partial charge is 0.335 e. The second-order valence-electron chi connectivity index (χ2n) is 6.11. The van der Waals surface area contributed by atoms with Crippen LogP contribution in [0.25, 0.3) is 22.4 Å². The Morgan fingerprint density at radius 2 is 1.96 bits per heavy atom. The van der Waals surface area contributed by atoms with Crippen LogP contribution in [0.2, 0.25) is 0 Å². The van der Waals surface area contributed by atoms with Gasteiger partial charge in [-0.1, -0.05) is 23.4 Å². The van der Waals surface area contributed by atoms with E-state index in [1.807, 2.05) is 13.0 Å². The fourth-order valence-corrected chi connectivity index (χ4v) is 2.87. The van der Waals surface area contributed by atoms with Crippen LogP contribution in [0.1, 0.15) is 21.6 Å². The van der Waals surface area contributed by atoms with E-state index in [-0.39, 0.29) is 11.3 Å². The van der Waals surface area contributed by atoms with E-state index in [0.29, 0.717) is 28.2 Å². The van der Waals surface area contributed by atoms with E-state index >= 15 is 0 Å². The molecule has 0 radical (unpaired) electrons. The van der Waals surface area contributed by atoms with Crippen molar-refractivity contribution in [3.05, 3.63) is 71.3 Å². The standard InChI is InChI=1S/C20H15FN4O2/c1-11-6-5-9-22-18(11)24-19(26)14-10-16(13-7-3-4-8-15(13)21)23-20-17(14)12(2)25-27-20/h3-10H,1-2H3,(H,22,24,26). The third-order valence-electron chi connectivity index (χ3n) is 4.25. The van der Waals surface area contributed by atoms with Crippen LogP contribution in [-0.4, -0.2) is 21.0 Å². The maximum Gasteiger partial charge on any atom is 0.259 e. The Kier molecular flexibility index (Phi) is 4.12. The molecule has 7 heteroatoms. The van der Waals surface area contributed by atoms with Gasteiger partial charge in [-0.05, 0) is 43.7 Å². The van der Waals surface area contributed by atoms with E-state index in [0.717, 1.165) is 5.56 Å². The minimum Gasteiger partial charge on any atom is -0.335 e. The first-order valence-corrected chi connectivity index (χ1v) is 8.29. The second kappa shape index (κ2) is 6.60. The van der Waals surface area contributed by atoms with Gasteiger partial charge in [0.15, 0.2) is 0 Å². The van der Waals surface area contributed by atoms with Crippen molar-refractivity contribution in [2.75, 3.05) is 5.32 Å². The highest BCUT2D eigenvalue weighted by Gasteiger charge is 2.21. The molecule has 27 heavy (non-hydrogen) atoms. The van der Waals surface area contributed by atoms with Gasteiger partial charge in [-0.15, -0.1) is 0 Å². The molecule has 0 saturated heterocycles. The molecule has 0 bridgehead atoms. The molecule has 0 aliphatic carbocycles. The topological polar surface area (TPSA) is 80.9 Å². The van der Waals surface area contributed by atoms with Crippen LogP contribution in [0.15, 0.2) is 53.2 Å². The molecule has 0 atom stereocenters. The monoisotopic (exact) mass is 362 g/mol. The molecule has 0 unspecified atom stereocenters. The van der Waals surface area contributed by atoms with E-state index in [2.05, 4.69) is 20.4 Å². The second-order valence-corrected chi connectivity index (χ2v) is 6.11. The lowest BCUT2D eigenvalue weighted by Crippen LogP contribution is -2.15. The Bertz CT molecular complexity index is 1170. The van der Waals surface area contributed by atoms with Crippen molar-refractivity contribution in [1.29, 1.82) is 0 Å². The van der Waals surface area contributed by atoms with E-state index in [9.17, 15) is 9.18 Å². The fourth-order valence-electron chi connectivity index (χ4n) is 2.87. The van der Waals surface area contributed by atoms with Crippen molar-refractivity contribution in [3.8, 4) is 11.3 Å². The van der Waals surface area contributed by atoms with Crippen LogP contribution >= 0.6 is 0 Å². The molecule has 0 saturated carbocycles. The highest BCUT2D eigenvalue weighted by Crippen LogP contribution is 2.29. The first-order valence-electron chi connectivity index (χ1n) is 8.29. The highest BCUT2D eigenvalue weighted by molar-refractivity contribution is 6.12. The van der Waals surface area contributed by atoms with Crippen LogP contribution in [0.5, 0.6) is 0 Å². The Morgan fingerprint density at radius 3 is 2.74 bits per heavy atom. The van der Waals surface area contributed by atoms with Crippen molar-refractivity contribution >= 4 is 22.8 Å². The van der Waals surface area contributed by atoms with Gasteiger partial charge >= 0.3 is 0 Å². The number of benzene rings is 1. The van der Waals surface area contributed by atoms with Crippen LogP contribution in [-0.2, 0) is 0 Å². The minimum absolute atomic E-state index is 0.177. The van der Waals surface area contributed by atoms with Crippen molar-refractivity contribution in [3.63, 3.8) is 0 Å². The number of hydrogen-bond donors (Lipinski definition) is 1. The molecule has 1 amide bonds. The lowest BCUT2D eigenvalue weighted by molar-refractivity contribution is 0.102. The van der Waals surface area contributed by atoms with Crippen molar-refractivity contribution in [2.45, 2.75) is 13.8 Å². The van der Waals surface area contributed by atoms with Gasteiger partial charge in [0.05, 0.1) is 22.3 Å². The predicted octanol–water partition coefficient (Wildman–Crippen LogP) is 4.29. The summed E-state index contributed by atoms with van der Waals surface area (Å²) in [5.74, 6) is -0.380. The molecule has 1 aromatic carbocycles. The number of anilines is 1. The molecule has 0 spiro atoms. The van der Waals surface area contributed by atoms with Crippen molar-refractivity contribution in [2.24, 2.45) is 0 Å². The van der Waals surface area contributed by atoms with E-state index < -0.39 is 11.7 Å².